The Hall–Kier alpha value is -2.95. The summed E-state index contributed by atoms with van der Waals surface area (Å²) in [6.07, 6.45) is 0.530. The third kappa shape index (κ3) is 2.61. The van der Waals surface area contributed by atoms with Crippen LogP contribution in [0.4, 0.5) is 0 Å². The fraction of sp³-hybridized carbons (Fsp3) is 0.118. The first-order chi connectivity index (χ1) is 10.5. The average Bonchev–Trinajstić information content (AvgIpc) is 2.48. The standard InChI is InChI=1S/C17H15N3O2/c1-10-19-15-7-6-11(9-14(15)17(22)20-10)8-12-4-2-3-5-13(12)16(18)21/h2-7,9H,8H2,1H3,(H2,18,21)(H,19,20,22). The first kappa shape index (κ1) is 14.0. The van der Waals surface area contributed by atoms with Crippen molar-refractivity contribution in [1.29, 1.82) is 0 Å². The lowest BCUT2D eigenvalue weighted by atomic mass is 9.98. The highest BCUT2D eigenvalue weighted by atomic mass is 16.1. The lowest BCUT2D eigenvalue weighted by molar-refractivity contribution is 0.0999. The minimum Gasteiger partial charge on any atom is -0.366 e. The molecule has 5 nitrogen and oxygen atoms in total. The van der Waals surface area contributed by atoms with Gasteiger partial charge in [0.05, 0.1) is 10.9 Å². The number of benzene rings is 2. The summed E-state index contributed by atoms with van der Waals surface area (Å²) in [5.74, 6) is 0.135. The van der Waals surface area contributed by atoms with E-state index in [-0.39, 0.29) is 5.56 Å². The van der Waals surface area contributed by atoms with E-state index in [2.05, 4.69) is 9.97 Å². The monoisotopic (exact) mass is 293 g/mol. The number of nitrogens with two attached hydrogens (primary N) is 1. The van der Waals surface area contributed by atoms with Gasteiger partial charge in [-0.2, -0.15) is 0 Å². The zero-order chi connectivity index (χ0) is 15.7. The number of hydrogen-bond donors (Lipinski definition) is 2. The van der Waals surface area contributed by atoms with Crippen LogP contribution in [0.3, 0.4) is 0 Å². The Morgan fingerprint density at radius 3 is 2.77 bits per heavy atom. The Bertz CT molecular complexity index is 929. The van der Waals surface area contributed by atoms with Crippen molar-refractivity contribution in [1.82, 2.24) is 9.97 Å². The highest BCUT2D eigenvalue weighted by molar-refractivity contribution is 5.94. The van der Waals surface area contributed by atoms with E-state index in [0.717, 1.165) is 11.1 Å². The van der Waals surface area contributed by atoms with Gasteiger partial charge in [0.2, 0.25) is 5.91 Å². The van der Waals surface area contributed by atoms with Gasteiger partial charge >= 0.3 is 0 Å². The van der Waals surface area contributed by atoms with E-state index in [4.69, 9.17) is 5.73 Å². The number of aryl methyl sites for hydroxylation is 1. The fourth-order valence-corrected chi connectivity index (χ4v) is 2.55. The summed E-state index contributed by atoms with van der Waals surface area (Å²) >= 11 is 0. The predicted molar refractivity (Wildman–Crippen MR) is 84.9 cm³/mol. The van der Waals surface area contributed by atoms with Crippen molar-refractivity contribution in [2.45, 2.75) is 13.3 Å². The van der Waals surface area contributed by atoms with Crippen LogP contribution in [0.25, 0.3) is 10.9 Å². The number of primary amides is 1. The molecule has 0 fully saturated rings. The second kappa shape index (κ2) is 5.44. The summed E-state index contributed by atoms with van der Waals surface area (Å²) in [5.41, 5.74) is 8.16. The molecule has 0 atom stereocenters. The molecule has 1 heterocycles. The molecule has 3 N–H and O–H groups in total. The maximum absolute atomic E-state index is 12.0. The smallest absolute Gasteiger partial charge is 0.258 e. The second-order valence-corrected chi connectivity index (χ2v) is 5.20. The molecule has 5 heteroatoms. The Kier molecular flexibility index (Phi) is 3.47. The number of H-pyrrole nitrogens is 1. The van der Waals surface area contributed by atoms with E-state index in [9.17, 15) is 9.59 Å². The molecule has 2 aromatic carbocycles. The highest BCUT2D eigenvalue weighted by Gasteiger charge is 2.09. The molecular formula is C17H15N3O2. The van der Waals surface area contributed by atoms with E-state index >= 15 is 0 Å². The van der Waals surface area contributed by atoms with Crippen LogP contribution in [0.1, 0.15) is 27.3 Å². The van der Waals surface area contributed by atoms with Gasteiger partial charge in [-0.05, 0) is 42.7 Å². The van der Waals surface area contributed by atoms with Crippen LogP contribution in [0.2, 0.25) is 0 Å². The third-order valence-electron chi connectivity index (χ3n) is 3.57. The van der Waals surface area contributed by atoms with Crippen molar-refractivity contribution < 1.29 is 4.79 Å². The number of carbonyl (C=O) groups is 1. The van der Waals surface area contributed by atoms with Crippen molar-refractivity contribution in [2.75, 3.05) is 0 Å². The van der Waals surface area contributed by atoms with Crippen LogP contribution in [-0.2, 0) is 6.42 Å². The van der Waals surface area contributed by atoms with Crippen molar-refractivity contribution in [2.24, 2.45) is 5.73 Å². The fourth-order valence-electron chi connectivity index (χ4n) is 2.55. The first-order valence-electron chi connectivity index (χ1n) is 6.92. The Morgan fingerprint density at radius 1 is 1.23 bits per heavy atom. The average molecular weight is 293 g/mol. The molecule has 0 spiro atoms. The lowest BCUT2D eigenvalue weighted by Crippen LogP contribution is -2.14. The first-order valence-corrected chi connectivity index (χ1v) is 6.92. The molecule has 0 unspecified atom stereocenters. The number of fused-ring (bicyclic) bond motifs is 1. The zero-order valence-electron chi connectivity index (χ0n) is 12.1. The quantitative estimate of drug-likeness (QED) is 0.773. The number of rotatable bonds is 3. The van der Waals surface area contributed by atoms with E-state index < -0.39 is 5.91 Å². The molecule has 110 valence electrons. The number of hydrogen-bond acceptors (Lipinski definition) is 3. The number of aromatic amines is 1. The summed E-state index contributed by atoms with van der Waals surface area (Å²) in [7, 11) is 0. The topological polar surface area (TPSA) is 88.8 Å². The van der Waals surface area contributed by atoms with Crippen LogP contribution in [-0.4, -0.2) is 15.9 Å². The third-order valence-corrected chi connectivity index (χ3v) is 3.57. The summed E-state index contributed by atoms with van der Waals surface area (Å²) in [6.45, 7) is 1.75. The minimum atomic E-state index is -0.452. The maximum Gasteiger partial charge on any atom is 0.258 e. The van der Waals surface area contributed by atoms with Crippen LogP contribution >= 0.6 is 0 Å². The van der Waals surface area contributed by atoms with Crippen LogP contribution in [0, 0.1) is 6.92 Å². The molecule has 0 aliphatic rings. The van der Waals surface area contributed by atoms with Crippen LogP contribution in [0.15, 0.2) is 47.3 Å². The van der Waals surface area contributed by atoms with Gasteiger partial charge in [0, 0.05) is 5.56 Å². The molecule has 0 saturated heterocycles. The largest absolute Gasteiger partial charge is 0.366 e. The van der Waals surface area contributed by atoms with Gasteiger partial charge in [0.1, 0.15) is 5.82 Å². The van der Waals surface area contributed by atoms with Gasteiger partial charge < -0.3 is 10.7 Å². The van der Waals surface area contributed by atoms with Crippen molar-refractivity contribution >= 4 is 16.8 Å². The molecule has 0 aliphatic carbocycles. The molecule has 0 saturated carbocycles. The molecule has 0 radical (unpaired) electrons. The van der Waals surface area contributed by atoms with Gasteiger partial charge in [0.15, 0.2) is 0 Å². The highest BCUT2D eigenvalue weighted by Crippen LogP contribution is 2.17. The zero-order valence-corrected chi connectivity index (χ0v) is 12.1. The molecule has 22 heavy (non-hydrogen) atoms. The minimum absolute atomic E-state index is 0.160. The second-order valence-electron chi connectivity index (χ2n) is 5.20. The van der Waals surface area contributed by atoms with Gasteiger partial charge in [0.25, 0.3) is 5.56 Å². The van der Waals surface area contributed by atoms with Crippen LogP contribution in [0.5, 0.6) is 0 Å². The molecule has 0 aliphatic heterocycles. The van der Waals surface area contributed by atoms with Gasteiger partial charge in [-0.1, -0.05) is 24.3 Å². The summed E-state index contributed by atoms with van der Waals surface area (Å²) < 4.78 is 0. The SMILES string of the molecule is Cc1nc2ccc(Cc3ccccc3C(N)=O)cc2c(=O)[nH]1. The van der Waals surface area contributed by atoms with Gasteiger partial charge in [-0.15, -0.1) is 0 Å². The molecule has 0 bridgehead atoms. The summed E-state index contributed by atoms with van der Waals surface area (Å²) in [4.78, 5) is 30.5. The molecule has 3 aromatic rings. The van der Waals surface area contributed by atoms with Gasteiger partial charge in [-0.3, -0.25) is 9.59 Å². The molecular weight excluding hydrogens is 278 g/mol. The molecule has 1 amide bonds. The number of carbonyl (C=O) groups excluding carboxylic acids is 1. The van der Waals surface area contributed by atoms with E-state index in [1.807, 2.05) is 24.3 Å². The summed E-state index contributed by atoms with van der Waals surface area (Å²) in [5, 5.41) is 0.541. The molecule has 3 rings (SSSR count). The van der Waals surface area contributed by atoms with Gasteiger partial charge in [-0.25, -0.2) is 4.98 Å². The number of nitrogens with one attached hydrogen (secondary N) is 1. The maximum atomic E-state index is 12.0. The predicted octanol–water partition coefficient (Wildman–Crippen LogP) is 1.92. The number of amides is 1. The Balaban J connectivity index is 2.05. The molecule has 1 aromatic heterocycles. The Morgan fingerprint density at radius 2 is 2.00 bits per heavy atom. The van der Waals surface area contributed by atoms with Crippen molar-refractivity contribution in [3.05, 3.63) is 75.3 Å². The van der Waals surface area contributed by atoms with E-state index in [1.54, 1.807) is 25.1 Å². The number of aromatic nitrogens is 2. The van der Waals surface area contributed by atoms with Crippen molar-refractivity contribution in [3.63, 3.8) is 0 Å². The van der Waals surface area contributed by atoms with Crippen LogP contribution < -0.4 is 11.3 Å². The Labute approximate surface area is 126 Å². The lowest BCUT2D eigenvalue weighted by Gasteiger charge is -2.07. The van der Waals surface area contributed by atoms with E-state index in [0.29, 0.717) is 28.7 Å². The normalized spacial score (nSPS) is 10.8. The number of nitrogens with zero attached hydrogens (tertiary/aromatic N) is 1. The van der Waals surface area contributed by atoms with E-state index in [1.165, 1.54) is 0 Å². The summed E-state index contributed by atoms with van der Waals surface area (Å²) in [6, 6.07) is 12.7. The van der Waals surface area contributed by atoms with Crippen molar-refractivity contribution in [3.8, 4) is 0 Å².